The molecule has 0 bridgehead atoms. The van der Waals surface area contributed by atoms with E-state index in [1.165, 1.54) is 23.1 Å². The number of nitrogens with two attached hydrogens (primary N) is 1. The van der Waals surface area contributed by atoms with Crippen molar-refractivity contribution in [1.82, 2.24) is 4.98 Å². The van der Waals surface area contributed by atoms with E-state index in [2.05, 4.69) is 55.2 Å². The van der Waals surface area contributed by atoms with Crippen LogP contribution in [-0.4, -0.2) is 10.7 Å². The van der Waals surface area contributed by atoms with Crippen LogP contribution < -0.4 is 5.73 Å². The highest BCUT2D eigenvalue weighted by atomic mass is 32.2. The summed E-state index contributed by atoms with van der Waals surface area (Å²) in [4.78, 5) is 4.55. The van der Waals surface area contributed by atoms with Crippen LogP contribution in [0.3, 0.4) is 0 Å². The Hall–Kier alpha value is -1.32. The van der Waals surface area contributed by atoms with Gasteiger partial charge in [0.25, 0.3) is 0 Å². The van der Waals surface area contributed by atoms with Gasteiger partial charge in [0.05, 0.1) is 5.03 Å². The predicted octanol–water partition coefficient (Wildman–Crippen LogP) is 4.44. The maximum atomic E-state index is 6.29. The number of pyridine rings is 1. The van der Waals surface area contributed by atoms with Gasteiger partial charge >= 0.3 is 0 Å². The van der Waals surface area contributed by atoms with Gasteiger partial charge in [0.1, 0.15) is 0 Å². The average molecular weight is 300 g/mol. The Morgan fingerprint density at radius 2 is 1.86 bits per heavy atom. The molecule has 0 saturated heterocycles. The summed E-state index contributed by atoms with van der Waals surface area (Å²) in [7, 11) is 0. The van der Waals surface area contributed by atoms with Crippen LogP contribution in [0.4, 0.5) is 0 Å². The van der Waals surface area contributed by atoms with E-state index in [1.807, 2.05) is 6.92 Å². The molecule has 0 amide bonds. The first kappa shape index (κ1) is 16.1. The molecule has 1 aromatic carbocycles. The molecule has 112 valence electrons. The molecule has 0 aliphatic heterocycles. The molecule has 1 heterocycles. The van der Waals surface area contributed by atoms with Crippen LogP contribution >= 0.6 is 11.8 Å². The van der Waals surface area contributed by atoms with E-state index >= 15 is 0 Å². The second-order valence-corrected chi connectivity index (χ2v) is 6.57. The number of rotatable bonds is 6. The van der Waals surface area contributed by atoms with Crippen LogP contribution in [-0.2, 0) is 6.42 Å². The summed E-state index contributed by atoms with van der Waals surface area (Å²) in [6.45, 7) is 6.34. The Labute approximate surface area is 132 Å². The van der Waals surface area contributed by atoms with E-state index in [1.54, 1.807) is 11.8 Å². The van der Waals surface area contributed by atoms with Gasteiger partial charge in [0.15, 0.2) is 0 Å². The lowest BCUT2D eigenvalue weighted by molar-refractivity contribution is 0.826. The molecule has 0 saturated carbocycles. The summed E-state index contributed by atoms with van der Waals surface area (Å²) < 4.78 is 0. The Balaban J connectivity index is 1.96. The van der Waals surface area contributed by atoms with E-state index in [4.69, 9.17) is 5.73 Å². The number of benzene rings is 1. The topological polar surface area (TPSA) is 38.9 Å². The summed E-state index contributed by atoms with van der Waals surface area (Å²) in [5.41, 5.74) is 11.2. The molecule has 2 rings (SSSR count). The molecule has 2 nitrogen and oxygen atoms in total. The van der Waals surface area contributed by atoms with Crippen molar-refractivity contribution in [1.29, 1.82) is 0 Å². The third kappa shape index (κ3) is 4.87. The summed E-state index contributed by atoms with van der Waals surface area (Å²) in [5.74, 6) is 0.850. The number of aryl methyl sites for hydroxylation is 3. The molecule has 0 spiro atoms. The van der Waals surface area contributed by atoms with Crippen molar-refractivity contribution >= 4 is 11.8 Å². The third-order valence-corrected chi connectivity index (χ3v) is 4.46. The van der Waals surface area contributed by atoms with Gasteiger partial charge in [0.2, 0.25) is 0 Å². The van der Waals surface area contributed by atoms with Gasteiger partial charge in [-0.3, -0.25) is 0 Å². The third-order valence-electron chi connectivity index (χ3n) is 3.43. The molecule has 2 N–H and O–H groups in total. The summed E-state index contributed by atoms with van der Waals surface area (Å²) in [6.07, 6.45) is 2.32. The van der Waals surface area contributed by atoms with E-state index < -0.39 is 0 Å². The molecular formula is C18H24N2S. The smallest absolute Gasteiger partial charge is 0.0966 e. The normalized spacial score (nSPS) is 12.4. The lowest BCUT2D eigenvalue weighted by atomic mass is 10.0. The highest BCUT2D eigenvalue weighted by molar-refractivity contribution is 7.99. The minimum absolute atomic E-state index is 0.0493. The number of hydrogen-bond acceptors (Lipinski definition) is 3. The fraction of sp³-hybridized carbons (Fsp3) is 0.389. The first-order valence-electron chi connectivity index (χ1n) is 7.51. The van der Waals surface area contributed by atoms with Crippen molar-refractivity contribution < 1.29 is 0 Å². The van der Waals surface area contributed by atoms with Gasteiger partial charge in [-0.15, -0.1) is 11.8 Å². The molecule has 3 heteroatoms. The number of hydrogen-bond donors (Lipinski definition) is 1. The molecule has 21 heavy (non-hydrogen) atoms. The van der Waals surface area contributed by atoms with Gasteiger partial charge in [0, 0.05) is 17.5 Å². The fourth-order valence-electron chi connectivity index (χ4n) is 2.37. The SMILES string of the molecule is CCCc1ccc(C(N)CSc2cc(C)cc(C)n2)cc1. The molecule has 0 fully saturated rings. The predicted molar refractivity (Wildman–Crippen MR) is 91.8 cm³/mol. The van der Waals surface area contributed by atoms with Crippen LogP contribution in [0.5, 0.6) is 0 Å². The largest absolute Gasteiger partial charge is 0.323 e. The molecule has 1 atom stereocenters. The van der Waals surface area contributed by atoms with Gasteiger partial charge in [-0.2, -0.15) is 0 Å². The van der Waals surface area contributed by atoms with Crippen molar-refractivity contribution in [2.24, 2.45) is 5.73 Å². The van der Waals surface area contributed by atoms with Gasteiger partial charge in [-0.25, -0.2) is 4.98 Å². The van der Waals surface area contributed by atoms with Crippen LogP contribution in [0.1, 0.15) is 41.8 Å². The molecule has 0 radical (unpaired) electrons. The zero-order chi connectivity index (χ0) is 15.2. The van der Waals surface area contributed by atoms with E-state index in [0.717, 1.165) is 22.9 Å². The standard InChI is InChI=1S/C18H24N2S/c1-4-5-15-6-8-16(9-7-15)17(19)12-21-18-11-13(2)10-14(3)20-18/h6-11,17H,4-5,12,19H2,1-3H3. The Morgan fingerprint density at radius 3 is 2.48 bits per heavy atom. The fourth-order valence-corrected chi connectivity index (χ4v) is 3.39. The Kier molecular flexibility index (Phi) is 5.83. The average Bonchev–Trinajstić information content (AvgIpc) is 2.45. The zero-order valence-corrected chi connectivity index (χ0v) is 13.9. The van der Waals surface area contributed by atoms with Crippen molar-refractivity contribution in [2.75, 3.05) is 5.75 Å². The quantitative estimate of drug-likeness (QED) is 0.801. The van der Waals surface area contributed by atoms with E-state index in [0.29, 0.717) is 0 Å². The zero-order valence-electron chi connectivity index (χ0n) is 13.1. The van der Waals surface area contributed by atoms with Crippen LogP contribution in [0, 0.1) is 13.8 Å². The van der Waals surface area contributed by atoms with Crippen LogP contribution in [0.15, 0.2) is 41.4 Å². The molecule has 1 aromatic heterocycles. The van der Waals surface area contributed by atoms with Crippen molar-refractivity contribution in [3.05, 3.63) is 58.8 Å². The van der Waals surface area contributed by atoms with Gasteiger partial charge < -0.3 is 5.73 Å². The van der Waals surface area contributed by atoms with Gasteiger partial charge in [-0.1, -0.05) is 37.6 Å². The minimum atomic E-state index is 0.0493. The lowest BCUT2D eigenvalue weighted by Crippen LogP contribution is -2.13. The summed E-state index contributed by atoms with van der Waals surface area (Å²) in [6, 6.07) is 13.0. The minimum Gasteiger partial charge on any atom is -0.323 e. The van der Waals surface area contributed by atoms with Gasteiger partial charge in [-0.05, 0) is 49.1 Å². The molecule has 0 aliphatic carbocycles. The highest BCUT2D eigenvalue weighted by Crippen LogP contribution is 2.23. The molecule has 2 aromatic rings. The van der Waals surface area contributed by atoms with E-state index in [-0.39, 0.29) is 6.04 Å². The maximum Gasteiger partial charge on any atom is 0.0966 e. The highest BCUT2D eigenvalue weighted by Gasteiger charge is 2.08. The maximum absolute atomic E-state index is 6.29. The van der Waals surface area contributed by atoms with Crippen molar-refractivity contribution in [2.45, 2.75) is 44.7 Å². The second-order valence-electron chi connectivity index (χ2n) is 5.53. The van der Waals surface area contributed by atoms with E-state index in [9.17, 15) is 0 Å². The Bertz CT molecular complexity index is 558. The van der Waals surface area contributed by atoms with Crippen molar-refractivity contribution in [3.63, 3.8) is 0 Å². The van der Waals surface area contributed by atoms with Crippen LogP contribution in [0.2, 0.25) is 0 Å². The lowest BCUT2D eigenvalue weighted by Gasteiger charge is -2.12. The molecule has 0 aliphatic rings. The first-order chi connectivity index (χ1) is 10.1. The van der Waals surface area contributed by atoms with Crippen molar-refractivity contribution in [3.8, 4) is 0 Å². The number of thioether (sulfide) groups is 1. The van der Waals surface area contributed by atoms with Crippen LogP contribution in [0.25, 0.3) is 0 Å². The first-order valence-corrected chi connectivity index (χ1v) is 8.49. The number of aromatic nitrogens is 1. The molecular weight excluding hydrogens is 276 g/mol. The second kappa shape index (κ2) is 7.62. The monoisotopic (exact) mass is 300 g/mol. The summed E-state index contributed by atoms with van der Waals surface area (Å²) in [5, 5.41) is 1.06. The Morgan fingerprint density at radius 1 is 1.14 bits per heavy atom. The molecule has 1 unspecified atom stereocenters. The number of nitrogens with zero attached hydrogens (tertiary/aromatic N) is 1. The summed E-state index contributed by atoms with van der Waals surface area (Å²) >= 11 is 1.73.